The van der Waals surface area contributed by atoms with E-state index < -0.39 is 0 Å². The van der Waals surface area contributed by atoms with E-state index in [0.717, 1.165) is 11.3 Å². The lowest BCUT2D eigenvalue weighted by Gasteiger charge is -2.05. The van der Waals surface area contributed by atoms with E-state index in [0.29, 0.717) is 15.8 Å². The van der Waals surface area contributed by atoms with Gasteiger partial charge in [0.2, 0.25) is 0 Å². The highest BCUT2D eigenvalue weighted by Crippen LogP contribution is 2.18. The molecule has 1 aromatic heterocycles. The van der Waals surface area contributed by atoms with Crippen LogP contribution in [0.3, 0.4) is 0 Å². The summed E-state index contributed by atoms with van der Waals surface area (Å²) in [6.07, 6.45) is 0.716. The highest BCUT2D eigenvalue weighted by atomic mass is 127. The minimum atomic E-state index is -0.125. The van der Waals surface area contributed by atoms with Gasteiger partial charge >= 0.3 is 0 Å². The molecule has 1 aromatic carbocycles. The number of H-pyrrole nitrogens is 1. The van der Waals surface area contributed by atoms with E-state index >= 15 is 0 Å². The number of phenols is 1. The molecule has 0 aliphatic carbocycles. The molecule has 0 spiro atoms. The van der Waals surface area contributed by atoms with Gasteiger partial charge in [0.1, 0.15) is 11.6 Å². The van der Waals surface area contributed by atoms with Gasteiger partial charge in [-0.2, -0.15) is 0 Å². The largest absolute Gasteiger partial charge is 0.508 e. The van der Waals surface area contributed by atoms with E-state index in [1.807, 2.05) is 29.5 Å². The van der Waals surface area contributed by atoms with Gasteiger partial charge in [-0.05, 0) is 53.3 Å². The van der Waals surface area contributed by atoms with E-state index in [1.165, 1.54) is 0 Å². The van der Waals surface area contributed by atoms with Crippen LogP contribution in [0, 0.1) is 3.57 Å². The summed E-state index contributed by atoms with van der Waals surface area (Å²) in [5, 5.41) is 9.21. The summed E-state index contributed by atoms with van der Waals surface area (Å²) in [6, 6.07) is 6.58. The predicted octanol–water partition coefficient (Wildman–Crippen LogP) is 2.31. The smallest absolute Gasteiger partial charge is 0.264 e. The molecule has 4 nitrogen and oxygen atoms in total. The molecule has 17 heavy (non-hydrogen) atoms. The Morgan fingerprint density at radius 2 is 2.00 bits per heavy atom. The van der Waals surface area contributed by atoms with Crippen LogP contribution in [0.5, 0.6) is 5.75 Å². The molecule has 0 saturated carbocycles. The lowest BCUT2D eigenvalue weighted by Crippen LogP contribution is -2.15. The fraction of sp³-hybridized carbons (Fsp3) is 0.167. The van der Waals surface area contributed by atoms with E-state index in [1.54, 1.807) is 24.3 Å². The molecule has 0 radical (unpaired) electrons. The number of nitrogens with zero attached hydrogens (tertiary/aromatic N) is 1. The maximum absolute atomic E-state index is 11.7. The lowest BCUT2D eigenvalue weighted by molar-refractivity contribution is 0.475. The van der Waals surface area contributed by atoms with Crippen molar-refractivity contribution in [3.8, 4) is 17.1 Å². The van der Waals surface area contributed by atoms with Crippen LogP contribution in [-0.2, 0) is 6.42 Å². The molecule has 0 unspecified atom stereocenters. The predicted molar refractivity (Wildman–Crippen MR) is 74.1 cm³/mol. The molecule has 2 N–H and O–H groups in total. The summed E-state index contributed by atoms with van der Waals surface area (Å²) in [4.78, 5) is 18.8. The molecule has 1 heterocycles. The van der Waals surface area contributed by atoms with Crippen molar-refractivity contribution in [2.45, 2.75) is 13.3 Å². The summed E-state index contributed by atoms with van der Waals surface area (Å²) < 4.78 is 0.632. The number of aromatic hydroxyl groups is 1. The minimum absolute atomic E-state index is 0.125. The number of aromatic amines is 1. The Morgan fingerprint density at radius 3 is 2.59 bits per heavy atom. The summed E-state index contributed by atoms with van der Waals surface area (Å²) in [6.45, 7) is 1.96. The van der Waals surface area contributed by atoms with Crippen molar-refractivity contribution >= 4 is 22.6 Å². The fourth-order valence-electron chi connectivity index (χ4n) is 1.50. The average Bonchev–Trinajstić information content (AvgIpc) is 2.33. The molecule has 5 heteroatoms. The van der Waals surface area contributed by atoms with Crippen LogP contribution < -0.4 is 5.56 Å². The van der Waals surface area contributed by atoms with Gasteiger partial charge < -0.3 is 10.1 Å². The van der Waals surface area contributed by atoms with Gasteiger partial charge in [-0.25, -0.2) is 4.98 Å². The van der Waals surface area contributed by atoms with Gasteiger partial charge in [-0.1, -0.05) is 6.92 Å². The molecule has 0 saturated heterocycles. The van der Waals surface area contributed by atoms with Crippen LogP contribution in [-0.4, -0.2) is 15.1 Å². The molecular weight excluding hydrogens is 331 g/mol. The second kappa shape index (κ2) is 4.87. The second-order valence-corrected chi connectivity index (χ2v) is 4.65. The third kappa shape index (κ3) is 2.49. The molecule has 0 fully saturated rings. The molecule has 2 rings (SSSR count). The Hall–Kier alpha value is -1.37. The van der Waals surface area contributed by atoms with Gasteiger partial charge in [0.05, 0.1) is 9.26 Å². The molecule has 0 bridgehead atoms. The Balaban J connectivity index is 2.56. The van der Waals surface area contributed by atoms with E-state index in [4.69, 9.17) is 0 Å². The third-order valence-corrected chi connectivity index (χ3v) is 3.52. The van der Waals surface area contributed by atoms with Gasteiger partial charge in [0, 0.05) is 5.56 Å². The van der Waals surface area contributed by atoms with Crippen molar-refractivity contribution in [3.63, 3.8) is 0 Å². The Morgan fingerprint density at radius 1 is 1.35 bits per heavy atom. The molecule has 0 amide bonds. The highest BCUT2D eigenvalue weighted by Gasteiger charge is 2.08. The van der Waals surface area contributed by atoms with Crippen LogP contribution in [0.25, 0.3) is 11.4 Å². The van der Waals surface area contributed by atoms with E-state index in [9.17, 15) is 9.90 Å². The van der Waals surface area contributed by atoms with Gasteiger partial charge in [-0.3, -0.25) is 4.79 Å². The Bertz CT molecular complexity index is 590. The summed E-state index contributed by atoms with van der Waals surface area (Å²) >= 11 is 2.00. The number of hydrogen-bond donors (Lipinski definition) is 2. The molecule has 0 aliphatic rings. The lowest BCUT2D eigenvalue weighted by atomic mass is 10.2. The zero-order valence-corrected chi connectivity index (χ0v) is 11.4. The number of aromatic nitrogens is 2. The molecule has 2 aromatic rings. The fourth-order valence-corrected chi connectivity index (χ4v) is 2.13. The van der Waals surface area contributed by atoms with Crippen LogP contribution in [0.15, 0.2) is 29.1 Å². The Labute approximate surface area is 112 Å². The number of phenolic OH excluding ortho intramolecular Hbond substituents is 1. The van der Waals surface area contributed by atoms with Crippen molar-refractivity contribution in [1.29, 1.82) is 0 Å². The normalized spacial score (nSPS) is 10.5. The summed E-state index contributed by atoms with van der Waals surface area (Å²) in [7, 11) is 0. The maximum Gasteiger partial charge on any atom is 0.264 e. The monoisotopic (exact) mass is 342 g/mol. The van der Waals surface area contributed by atoms with E-state index in [-0.39, 0.29) is 11.3 Å². The maximum atomic E-state index is 11.7. The third-order valence-electron chi connectivity index (χ3n) is 2.41. The molecule has 0 aliphatic heterocycles. The summed E-state index contributed by atoms with van der Waals surface area (Å²) in [5.41, 5.74) is 1.45. The number of benzene rings is 1. The quantitative estimate of drug-likeness (QED) is 0.824. The molecular formula is C12H11IN2O2. The van der Waals surface area contributed by atoms with Crippen LogP contribution >= 0.6 is 22.6 Å². The van der Waals surface area contributed by atoms with Crippen molar-refractivity contribution in [2.24, 2.45) is 0 Å². The molecule has 88 valence electrons. The average molecular weight is 342 g/mol. The first kappa shape index (κ1) is 12.1. The summed E-state index contributed by atoms with van der Waals surface area (Å²) in [5.74, 6) is 0.726. The minimum Gasteiger partial charge on any atom is -0.508 e. The van der Waals surface area contributed by atoms with Crippen molar-refractivity contribution in [1.82, 2.24) is 9.97 Å². The highest BCUT2D eigenvalue weighted by molar-refractivity contribution is 14.1. The number of aryl methyl sites for hydroxylation is 1. The first-order valence-corrected chi connectivity index (χ1v) is 6.27. The van der Waals surface area contributed by atoms with Crippen LogP contribution in [0.4, 0.5) is 0 Å². The van der Waals surface area contributed by atoms with Gasteiger partial charge in [0.25, 0.3) is 5.56 Å². The van der Waals surface area contributed by atoms with E-state index in [2.05, 4.69) is 9.97 Å². The second-order valence-electron chi connectivity index (χ2n) is 3.58. The van der Waals surface area contributed by atoms with Crippen LogP contribution in [0.2, 0.25) is 0 Å². The first-order chi connectivity index (χ1) is 8.11. The SMILES string of the molecule is CCc1nc(-c2ccc(O)cc2)[nH]c(=O)c1I. The first-order valence-electron chi connectivity index (χ1n) is 5.20. The van der Waals surface area contributed by atoms with Gasteiger partial charge in [0.15, 0.2) is 0 Å². The van der Waals surface area contributed by atoms with Crippen molar-refractivity contribution in [3.05, 3.63) is 43.9 Å². The number of nitrogens with one attached hydrogen (secondary N) is 1. The van der Waals surface area contributed by atoms with Crippen LogP contribution in [0.1, 0.15) is 12.6 Å². The zero-order valence-electron chi connectivity index (χ0n) is 9.20. The van der Waals surface area contributed by atoms with Crippen molar-refractivity contribution < 1.29 is 5.11 Å². The Kier molecular flexibility index (Phi) is 3.46. The number of rotatable bonds is 2. The van der Waals surface area contributed by atoms with Gasteiger partial charge in [-0.15, -0.1) is 0 Å². The number of halogens is 1. The number of hydrogen-bond acceptors (Lipinski definition) is 3. The standard InChI is InChI=1S/C12H11IN2O2/c1-2-9-10(13)12(17)15-11(14-9)7-3-5-8(16)6-4-7/h3-6,16H,2H2,1H3,(H,14,15,17). The topological polar surface area (TPSA) is 66.0 Å². The zero-order chi connectivity index (χ0) is 12.4. The molecule has 0 atom stereocenters. The van der Waals surface area contributed by atoms with Crippen molar-refractivity contribution in [2.75, 3.05) is 0 Å².